The summed E-state index contributed by atoms with van der Waals surface area (Å²) in [6.45, 7) is 22.7. The number of aliphatic imine (C=N–C) groups is 2. The maximum absolute atomic E-state index is 4.23. The molecule has 1 aromatic rings. The fraction of sp³-hybridized carbons (Fsp3) is 0.0435. The zero-order valence-electron chi connectivity index (χ0n) is 14.6. The summed E-state index contributed by atoms with van der Waals surface area (Å²) in [6, 6.07) is 8.11. The van der Waals surface area contributed by atoms with E-state index in [-0.39, 0.29) is 0 Å². The number of rotatable bonds is 10. The van der Waals surface area contributed by atoms with Crippen LogP contribution in [0.1, 0.15) is 11.1 Å². The molecule has 0 atom stereocenters. The fourth-order valence-electron chi connectivity index (χ4n) is 2.31. The van der Waals surface area contributed by atoms with E-state index in [1.807, 2.05) is 18.2 Å². The molecule has 0 saturated carbocycles. The number of allylic oxidation sites excluding steroid dienone is 6. The van der Waals surface area contributed by atoms with Gasteiger partial charge in [-0.1, -0.05) is 68.8 Å². The molecular weight excluding hydrogens is 304 g/mol. The smallest absolute Gasteiger partial charge is 0.0695 e. The summed E-state index contributed by atoms with van der Waals surface area (Å²) in [5, 5.41) is 0. The van der Waals surface area contributed by atoms with Gasteiger partial charge in [0.1, 0.15) is 0 Å². The first kappa shape index (κ1) is 19.8. The minimum atomic E-state index is 0.697. The number of hydrogen-bond acceptors (Lipinski definition) is 2. The van der Waals surface area contributed by atoms with E-state index in [1.165, 1.54) is 6.20 Å². The molecule has 0 radical (unpaired) electrons. The molecule has 0 bridgehead atoms. The first-order valence-electron chi connectivity index (χ1n) is 7.81. The summed E-state index contributed by atoms with van der Waals surface area (Å²) in [4.78, 5) is 8.23. The molecule has 0 N–H and O–H groups in total. The van der Waals surface area contributed by atoms with Crippen LogP contribution < -0.4 is 0 Å². The molecule has 0 aliphatic heterocycles. The van der Waals surface area contributed by atoms with Gasteiger partial charge in [0.2, 0.25) is 0 Å². The Labute approximate surface area is 151 Å². The summed E-state index contributed by atoms with van der Waals surface area (Å²) in [7, 11) is 0. The maximum atomic E-state index is 4.23. The van der Waals surface area contributed by atoms with Gasteiger partial charge in [0.25, 0.3) is 0 Å². The van der Waals surface area contributed by atoms with Crippen molar-refractivity contribution in [3.8, 4) is 0 Å². The lowest BCUT2D eigenvalue weighted by Crippen LogP contribution is -1.98. The minimum Gasteiger partial charge on any atom is -0.264 e. The van der Waals surface area contributed by atoms with E-state index in [2.05, 4.69) is 61.7 Å². The van der Waals surface area contributed by atoms with Crippen molar-refractivity contribution in [2.24, 2.45) is 9.98 Å². The third-order valence-electron chi connectivity index (χ3n) is 3.40. The van der Waals surface area contributed by atoms with Crippen LogP contribution in [-0.4, -0.2) is 12.4 Å². The van der Waals surface area contributed by atoms with Gasteiger partial charge in [0, 0.05) is 11.8 Å². The van der Waals surface area contributed by atoms with E-state index in [0.29, 0.717) is 12.1 Å². The third kappa shape index (κ3) is 6.04. The highest BCUT2D eigenvalue weighted by atomic mass is 14.7. The van der Waals surface area contributed by atoms with Gasteiger partial charge in [0.15, 0.2) is 0 Å². The van der Waals surface area contributed by atoms with Crippen LogP contribution in [0.3, 0.4) is 0 Å². The first-order valence-corrected chi connectivity index (χ1v) is 7.81. The van der Waals surface area contributed by atoms with E-state index in [0.717, 1.165) is 28.0 Å². The van der Waals surface area contributed by atoms with Crippen LogP contribution in [0.4, 0.5) is 0 Å². The summed E-state index contributed by atoms with van der Waals surface area (Å²) in [5.74, 6) is 0. The Morgan fingerprint density at radius 3 is 2.40 bits per heavy atom. The second-order valence-electron chi connectivity index (χ2n) is 5.19. The second kappa shape index (κ2) is 10.5. The van der Waals surface area contributed by atoms with Crippen molar-refractivity contribution in [2.75, 3.05) is 0 Å². The highest BCUT2D eigenvalue weighted by Crippen LogP contribution is 2.18. The average molecular weight is 328 g/mol. The predicted octanol–water partition coefficient (Wildman–Crippen LogP) is 5.79. The quantitative estimate of drug-likeness (QED) is 0.384. The van der Waals surface area contributed by atoms with Crippen molar-refractivity contribution in [2.45, 2.75) is 6.42 Å². The Morgan fingerprint density at radius 2 is 1.84 bits per heavy atom. The molecule has 0 fully saturated rings. The van der Waals surface area contributed by atoms with Crippen molar-refractivity contribution in [1.82, 2.24) is 0 Å². The molecule has 0 aliphatic carbocycles. The van der Waals surface area contributed by atoms with Crippen LogP contribution in [0.2, 0.25) is 0 Å². The van der Waals surface area contributed by atoms with Crippen molar-refractivity contribution < 1.29 is 0 Å². The first-order chi connectivity index (χ1) is 12.1. The van der Waals surface area contributed by atoms with Crippen LogP contribution in [0.15, 0.2) is 121 Å². The Balaban J connectivity index is 3.08. The molecular formula is C23H24N2. The average Bonchev–Trinajstić information content (AvgIpc) is 2.62. The molecule has 0 saturated heterocycles. The van der Waals surface area contributed by atoms with Gasteiger partial charge in [-0.25, -0.2) is 0 Å². The molecule has 0 unspecified atom stereocenters. The topological polar surface area (TPSA) is 24.7 Å². The molecule has 0 heterocycles. The van der Waals surface area contributed by atoms with Gasteiger partial charge in [0.05, 0.1) is 11.4 Å². The van der Waals surface area contributed by atoms with Gasteiger partial charge >= 0.3 is 0 Å². The van der Waals surface area contributed by atoms with E-state index >= 15 is 0 Å². The largest absolute Gasteiger partial charge is 0.264 e. The van der Waals surface area contributed by atoms with Crippen molar-refractivity contribution >= 4 is 12.4 Å². The van der Waals surface area contributed by atoms with Crippen molar-refractivity contribution in [1.29, 1.82) is 0 Å². The monoisotopic (exact) mass is 328 g/mol. The molecule has 0 amide bonds. The predicted molar refractivity (Wildman–Crippen MR) is 112 cm³/mol. The van der Waals surface area contributed by atoms with Gasteiger partial charge in [-0.3, -0.25) is 9.98 Å². The van der Waals surface area contributed by atoms with E-state index in [9.17, 15) is 0 Å². The summed E-state index contributed by atoms with van der Waals surface area (Å²) < 4.78 is 0. The van der Waals surface area contributed by atoms with Gasteiger partial charge in [-0.05, 0) is 48.6 Å². The lowest BCUT2D eigenvalue weighted by molar-refractivity contribution is 1.19. The molecule has 25 heavy (non-hydrogen) atoms. The number of nitrogens with zero attached hydrogens (tertiary/aromatic N) is 2. The highest BCUT2D eigenvalue weighted by molar-refractivity contribution is 6.08. The minimum absolute atomic E-state index is 0.697. The van der Waals surface area contributed by atoms with Gasteiger partial charge in [-0.2, -0.15) is 0 Å². The van der Waals surface area contributed by atoms with E-state index in [4.69, 9.17) is 0 Å². The molecule has 1 aromatic carbocycles. The number of benzene rings is 1. The lowest BCUT2D eigenvalue weighted by Gasteiger charge is -2.07. The Hall–Kier alpha value is -3.26. The summed E-state index contributed by atoms with van der Waals surface area (Å²) in [5.41, 5.74) is 5.42. The second-order valence-corrected chi connectivity index (χ2v) is 5.19. The van der Waals surface area contributed by atoms with Crippen LogP contribution in [0, 0.1) is 0 Å². The lowest BCUT2D eigenvalue weighted by atomic mass is 9.99. The third-order valence-corrected chi connectivity index (χ3v) is 3.40. The molecule has 2 heteroatoms. The Kier molecular flexibility index (Phi) is 8.31. The van der Waals surface area contributed by atoms with Crippen LogP contribution >= 0.6 is 0 Å². The molecule has 126 valence electrons. The van der Waals surface area contributed by atoms with Crippen LogP contribution in [0.25, 0.3) is 0 Å². The highest BCUT2D eigenvalue weighted by Gasteiger charge is 2.03. The molecule has 0 aliphatic rings. The van der Waals surface area contributed by atoms with Crippen LogP contribution in [0.5, 0.6) is 0 Å². The summed E-state index contributed by atoms with van der Waals surface area (Å²) >= 11 is 0. The van der Waals surface area contributed by atoms with Gasteiger partial charge in [-0.15, -0.1) is 0 Å². The molecule has 1 rings (SSSR count). The molecule has 2 nitrogen and oxygen atoms in total. The fourth-order valence-corrected chi connectivity index (χ4v) is 2.31. The van der Waals surface area contributed by atoms with Crippen molar-refractivity contribution in [3.05, 3.63) is 122 Å². The van der Waals surface area contributed by atoms with E-state index in [1.54, 1.807) is 24.3 Å². The Morgan fingerprint density at radius 1 is 1.08 bits per heavy atom. The van der Waals surface area contributed by atoms with Crippen LogP contribution in [-0.2, 0) is 6.42 Å². The summed E-state index contributed by atoms with van der Waals surface area (Å²) in [6.07, 6.45) is 11.1. The molecule has 0 aromatic heterocycles. The Bertz CT molecular complexity index is 786. The molecule has 0 spiro atoms. The normalized spacial score (nSPS) is 12.2. The standard InChI is InChI=1S/C23H24N2/c1-7-12-23(24-6)20(8-2)16-18(5)15-19-13-11-14-21(17-19)22(9-3)25-10-4/h7-14,16-17H,1-6,15H2/b20-16?,23-12-,25-22?. The van der Waals surface area contributed by atoms with E-state index < -0.39 is 0 Å². The van der Waals surface area contributed by atoms with Gasteiger partial charge < -0.3 is 0 Å². The maximum Gasteiger partial charge on any atom is 0.0695 e. The zero-order valence-corrected chi connectivity index (χ0v) is 14.6. The SMILES string of the molecule is C=C/C=C(\N=C)C(C=C)=CC(=C)Cc1cccc(C(C=C)=NC=C)c1. The number of hydrogen-bond donors (Lipinski definition) is 0. The zero-order chi connectivity index (χ0) is 18.7. The van der Waals surface area contributed by atoms with Crippen molar-refractivity contribution in [3.63, 3.8) is 0 Å².